The summed E-state index contributed by atoms with van der Waals surface area (Å²) < 4.78 is 6.48. The smallest absolute Gasteiger partial charge is 0.356 e. The van der Waals surface area contributed by atoms with E-state index in [1.54, 1.807) is 17.8 Å². The molecule has 1 aromatic carbocycles. The lowest BCUT2D eigenvalue weighted by Crippen LogP contribution is -2.13. The first-order chi connectivity index (χ1) is 12.9. The van der Waals surface area contributed by atoms with Gasteiger partial charge in [-0.15, -0.1) is 0 Å². The van der Waals surface area contributed by atoms with Crippen LogP contribution in [0.15, 0.2) is 36.5 Å². The third-order valence-corrected chi connectivity index (χ3v) is 4.28. The molecule has 0 atom stereocenters. The number of carbonyl (C=O) groups is 2. The van der Waals surface area contributed by atoms with Gasteiger partial charge in [0, 0.05) is 25.9 Å². The highest BCUT2D eigenvalue weighted by Gasteiger charge is 2.23. The Hall–Kier alpha value is -3.35. The van der Waals surface area contributed by atoms with Crippen molar-refractivity contribution in [1.29, 1.82) is 0 Å². The number of nitrogens with one attached hydrogen (secondary N) is 2. The van der Waals surface area contributed by atoms with Crippen molar-refractivity contribution in [2.45, 2.75) is 20.4 Å². The maximum absolute atomic E-state index is 12.2. The number of benzene rings is 1. The Kier molecular flexibility index (Phi) is 5.12. The number of pyridine rings is 1. The van der Waals surface area contributed by atoms with Crippen molar-refractivity contribution >= 4 is 34.3 Å². The zero-order chi connectivity index (χ0) is 19.6. The first kappa shape index (κ1) is 18.4. The number of aryl methyl sites for hydroxylation is 2. The van der Waals surface area contributed by atoms with Gasteiger partial charge in [-0.2, -0.15) is 0 Å². The van der Waals surface area contributed by atoms with Gasteiger partial charge in [0.1, 0.15) is 5.65 Å². The van der Waals surface area contributed by atoms with Crippen molar-refractivity contribution in [3.63, 3.8) is 0 Å². The van der Waals surface area contributed by atoms with E-state index in [0.717, 1.165) is 11.3 Å². The molecule has 7 heteroatoms. The van der Waals surface area contributed by atoms with Gasteiger partial charge in [0.25, 0.3) is 0 Å². The molecule has 0 bridgehead atoms. The molecule has 0 saturated carbocycles. The Morgan fingerprint density at radius 2 is 2.04 bits per heavy atom. The Morgan fingerprint density at radius 3 is 2.70 bits per heavy atom. The molecule has 140 valence electrons. The molecule has 0 aliphatic carbocycles. The van der Waals surface area contributed by atoms with E-state index in [2.05, 4.69) is 34.7 Å². The van der Waals surface area contributed by atoms with Crippen LogP contribution >= 0.6 is 0 Å². The SMILES string of the molecule is COC(=O)c1c(NC(C)=O)c2cc(NCc3cccc(C)c3)cnc2n1C. The molecule has 0 spiro atoms. The van der Waals surface area contributed by atoms with Crippen molar-refractivity contribution in [2.75, 3.05) is 17.7 Å². The molecular weight excluding hydrogens is 344 g/mol. The number of aromatic nitrogens is 2. The van der Waals surface area contributed by atoms with Crippen LogP contribution in [0.4, 0.5) is 11.4 Å². The predicted molar refractivity (Wildman–Crippen MR) is 105 cm³/mol. The summed E-state index contributed by atoms with van der Waals surface area (Å²) >= 11 is 0. The fraction of sp³-hybridized carbons (Fsp3) is 0.250. The van der Waals surface area contributed by atoms with Crippen LogP contribution in [0.25, 0.3) is 11.0 Å². The van der Waals surface area contributed by atoms with Gasteiger partial charge < -0.3 is 19.9 Å². The number of esters is 1. The molecule has 1 amide bonds. The quantitative estimate of drug-likeness (QED) is 0.677. The van der Waals surface area contributed by atoms with E-state index in [9.17, 15) is 9.59 Å². The lowest BCUT2D eigenvalue weighted by molar-refractivity contribution is -0.114. The molecule has 0 fully saturated rings. The van der Waals surface area contributed by atoms with Gasteiger partial charge >= 0.3 is 5.97 Å². The van der Waals surface area contributed by atoms with Crippen LogP contribution in [0, 0.1) is 6.92 Å². The Balaban J connectivity index is 2.00. The third-order valence-electron chi connectivity index (χ3n) is 4.28. The zero-order valence-electron chi connectivity index (χ0n) is 15.8. The van der Waals surface area contributed by atoms with E-state index in [1.165, 1.54) is 19.6 Å². The maximum Gasteiger partial charge on any atom is 0.356 e. The van der Waals surface area contributed by atoms with Crippen molar-refractivity contribution in [3.05, 3.63) is 53.3 Å². The van der Waals surface area contributed by atoms with E-state index in [-0.39, 0.29) is 11.6 Å². The maximum atomic E-state index is 12.2. The molecule has 0 saturated heterocycles. The number of amides is 1. The minimum Gasteiger partial charge on any atom is -0.464 e. The van der Waals surface area contributed by atoms with Gasteiger partial charge in [-0.3, -0.25) is 4.79 Å². The number of hydrogen-bond donors (Lipinski definition) is 2. The fourth-order valence-electron chi connectivity index (χ4n) is 3.07. The lowest BCUT2D eigenvalue weighted by Gasteiger charge is -2.08. The standard InChI is InChI=1S/C20H22N4O3/c1-12-6-5-7-14(8-12)10-21-15-9-16-17(23-13(2)25)18(20(26)27-4)24(3)19(16)22-11-15/h5-9,11,21H,10H2,1-4H3,(H,23,25). The molecule has 2 heterocycles. The second-order valence-electron chi connectivity index (χ2n) is 6.39. The average molecular weight is 366 g/mol. The Morgan fingerprint density at radius 1 is 1.26 bits per heavy atom. The molecule has 2 aromatic heterocycles. The lowest BCUT2D eigenvalue weighted by atomic mass is 10.1. The van der Waals surface area contributed by atoms with Crippen LogP contribution in [0.3, 0.4) is 0 Å². The molecule has 3 rings (SSSR count). The third kappa shape index (κ3) is 3.76. The number of rotatable bonds is 5. The van der Waals surface area contributed by atoms with Crippen LogP contribution < -0.4 is 10.6 Å². The molecule has 0 radical (unpaired) electrons. The monoisotopic (exact) mass is 366 g/mol. The summed E-state index contributed by atoms with van der Waals surface area (Å²) in [6, 6.07) is 10.1. The summed E-state index contributed by atoms with van der Waals surface area (Å²) in [5.41, 5.74) is 4.38. The molecular formula is C20H22N4O3. The number of carbonyl (C=O) groups excluding carboxylic acids is 2. The number of ether oxygens (including phenoxy) is 1. The van der Waals surface area contributed by atoms with Gasteiger partial charge in [0.15, 0.2) is 5.69 Å². The van der Waals surface area contributed by atoms with Crippen LogP contribution in [-0.4, -0.2) is 28.5 Å². The minimum atomic E-state index is -0.534. The molecule has 7 nitrogen and oxygen atoms in total. The number of hydrogen-bond acceptors (Lipinski definition) is 5. The highest BCUT2D eigenvalue weighted by atomic mass is 16.5. The van der Waals surface area contributed by atoms with E-state index in [4.69, 9.17) is 4.74 Å². The van der Waals surface area contributed by atoms with Gasteiger partial charge in [-0.25, -0.2) is 9.78 Å². The molecule has 0 aliphatic rings. The second-order valence-corrected chi connectivity index (χ2v) is 6.39. The van der Waals surface area contributed by atoms with Gasteiger partial charge in [-0.1, -0.05) is 29.8 Å². The number of nitrogens with zero attached hydrogens (tertiary/aromatic N) is 2. The van der Waals surface area contributed by atoms with Crippen LogP contribution in [0.5, 0.6) is 0 Å². The normalized spacial score (nSPS) is 10.7. The van der Waals surface area contributed by atoms with E-state index in [0.29, 0.717) is 23.3 Å². The van der Waals surface area contributed by atoms with Crippen molar-refractivity contribution in [1.82, 2.24) is 9.55 Å². The molecule has 27 heavy (non-hydrogen) atoms. The molecule has 0 unspecified atom stereocenters. The van der Waals surface area contributed by atoms with E-state index < -0.39 is 5.97 Å². The van der Waals surface area contributed by atoms with Crippen LogP contribution in [-0.2, 0) is 23.1 Å². The van der Waals surface area contributed by atoms with Crippen LogP contribution in [0.2, 0.25) is 0 Å². The first-order valence-electron chi connectivity index (χ1n) is 8.54. The van der Waals surface area contributed by atoms with Crippen molar-refractivity contribution in [2.24, 2.45) is 7.05 Å². The van der Waals surface area contributed by atoms with Gasteiger partial charge in [0.2, 0.25) is 5.91 Å². The van der Waals surface area contributed by atoms with Crippen molar-refractivity contribution in [3.8, 4) is 0 Å². The van der Waals surface area contributed by atoms with E-state index >= 15 is 0 Å². The Labute approximate surface area is 157 Å². The summed E-state index contributed by atoms with van der Waals surface area (Å²) in [5, 5.41) is 6.73. The highest BCUT2D eigenvalue weighted by Crippen LogP contribution is 2.31. The number of methoxy groups -OCH3 is 1. The average Bonchev–Trinajstić information content (AvgIpc) is 2.90. The topological polar surface area (TPSA) is 85.2 Å². The Bertz CT molecular complexity index is 1020. The van der Waals surface area contributed by atoms with Crippen molar-refractivity contribution < 1.29 is 14.3 Å². The summed E-state index contributed by atoms with van der Waals surface area (Å²) in [5.74, 6) is -0.806. The summed E-state index contributed by atoms with van der Waals surface area (Å²) in [6.45, 7) is 4.09. The van der Waals surface area contributed by atoms with Crippen LogP contribution in [0.1, 0.15) is 28.5 Å². The number of fused-ring (bicyclic) bond motifs is 1. The largest absolute Gasteiger partial charge is 0.464 e. The second kappa shape index (κ2) is 7.49. The summed E-state index contributed by atoms with van der Waals surface area (Å²) in [6.07, 6.45) is 1.71. The molecule has 0 aliphatic heterocycles. The van der Waals surface area contributed by atoms with E-state index in [1.807, 2.05) is 18.2 Å². The highest BCUT2D eigenvalue weighted by molar-refractivity contribution is 6.10. The van der Waals surface area contributed by atoms with Gasteiger partial charge in [-0.05, 0) is 18.6 Å². The predicted octanol–water partition coefficient (Wildman–Crippen LogP) is 3.24. The minimum absolute atomic E-state index is 0.256. The molecule has 2 N–H and O–H groups in total. The first-order valence-corrected chi connectivity index (χ1v) is 8.54. The summed E-state index contributed by atoms with van der Waals surface area (Å²) in [7, 11) is 3.02. The summed E-state index contributed by atoms with van der Waals surface area (Å²) in [4.78, 5) is 28.3. The van der Waals surface area contributed by atoms with Gasteiger partial charge in [0.05, 0.1) is 24.7 Å². The fourth-order valence-corrected chi connectivity index (χ4v) is 3.07. The zero-order valence-corrected chi connectivity index (χ0v) is 15.8. The molecule has 3 aromatic rings. The number of anilines is 2.